The summed E-state index contributed by atoms with van der Waals surface area (Å²) in [6.45, 7) is 0. The van der Waals surface area contributed by atoms with Crippen molar-refractivity contribution in [3.8, 4) is 0 Å². The van der Waals surface area contributed by atoms with Crippen LogP contribution in [0.25, 0.3) is 0 Å². The quantitative estimate of drug-likeness (QED) is 0.422. The van der Waals surface area contributed by atoms with Crippen molar-refractivity contribution >= 4 is 5.97 Å². The number of fused-ring (bicyclic) bond motifs is 2. The minimum atomic E-state index is -0.720. The van der Waals surface area contributed by atoms with Gasteiger partial charge in [0.2, 0.25) is 0 Å². The molecule has 2 heterocycles. The number of aliphatic hydroxyl groups excluding tert-OH is 1. The molecular weight excluding hydrogens is 340 g/mol. The van der Waals surface area contributed by atoms with Crippen molar-refractivity contribution in [1.29, 1.82) is 0 Å². The summed E-state index contributed by atoms with van der Waals surface area (Å²) in [5, 5.41) is 19.1. The maximum Gasteiger partial charge on any atom is 0.303 e. The summed E-state index contributed by atoms with van der Waals surface area (Å²) in [5.74, 6) is 0.882. The molecule has 0 aromatic rings. The topological polar surface area (TPSA) is 66.8 Å². The van der Waals surface area contributed by atoms with Gasteiger partial charge in [0.15, 0.2) is 0 Å². The molecule has 152 valence electrons. The molecule has 0 spiro atoms. The van der Waals surface area contributed by atoms with Crippen LogP contribution in [0.4, 0.5) is 0 Å². The van der Waals surface area contributed by atoms with Gasteiger partial charge in [0, 0.05) is 12.3 Å². The third-order valence-electron chi connectivity index (χ3n) is 6.68. The molecule has 0 aromatic carbocycles. The lowest BCUT2D eigenvalue weighted by molar-refractivity contribution is -0.137. The average molecular weight is 377 g/mol. The molecule has 0 radical (unpaired) electrons. The SMILES string of the molecule is O=C(O)CCCC=CC[C@H]1[C@H](C=CC(O)CC2CCCCC2)[C@@H]2CC[C@H]1O2. The van der Waals surface area contributed by atoms with Crippen LogP contribution in [-0.4, -0.2) is 34.5 Å². The first kappa shape index (κ1) is 20.6. The lowest BCUT2D eigenvalue weighted by Gasteiger charge is -2.26. The van der Waals surface area contributed by atoms with Crippen LogP contribution in [0.3, 0.4) is 0 Å². The molecule has 1 unspecified atom stereocenters. The minimum Gasteiger partial charge on any atom is -0.481 e. The van der Waals surface area contributed by atoms with E-state index in [0.717, 1.165) is 32.1 Å². The summed E-state index contributed by atoms with van der Waals surface area (Å²) < 4.78 is 6.14. The van der Waals surface area contributed by atoms with Crippen molar-refractivity contribution in [2.45, 2.75) is 95.4 Å². The van der Waals surface area contributed by atoms with Gasteiger partial charge in [0.05, 0.1) is 18.3 Å². The molecule has 2 bridgehead atoms. The normalized spacial score (nSPS) is 32.6. The van der Waals surface area contributed by atoms with Gasteiger partial charge in [-0.3, -0.25) is 4.79 Å². The number of unbranched alkanes of at least 4 members (excludes halogenated alkanes) is 1. The molecule has 4 heteroatoms. The Kier molecular flexibility index (Phi) is 7.95. The minimum absolute atomic E-state index is 0.242. The van der Waals surface area contributed by atoms with Gasteiger partial charge in [-0.2, -0.15) is 0 Å². The molecule has 2 saturated heterocycles. The van der Waals surface area contributed by atoms with E-state index in [2.05, 4.69) is 18.2 Å². The van der Waals surface area contributed by atoms with Crippen LogP contribution in [0.2, 0.25) is 0 Å². The largest absolute Gasteiger partial charge is 0.481 e. The first-order valence-corrected chi connectivity index (χ1v) is 11.0. The highest BCUT2D eigenvalue weighted by Gasteiger charge is 2.46. The molecule has 1 saturated carbocycles. The fourth-order valence-electron chi connectivity index (χ4n) is 5.23. The van der Waals surface area contributed by atoms with Crippen molar-refractivity contribution in [2.75, 3.05) is 0 Å². The number of ether oxygens (including phenoxy) is 1. The average Bonchev–Trinajstić information content (AvgIpc) is 3.25. The highest BCUT2D eigenvalue weighted by atomic mass is 16.5. The Morgan fingerprint density at radius 3 is 2.63 bits per heavy atom. The van der Waals surface area contributed by atoms with Crippen molar-refractivity contribution in [3.63, 3.8) is 0 Å². The van der Waals surface area contributed by atoms with E-state index in [0.29, 0.717) is 36.4 Å². The standard InChI is InChI=1S/C23H36O4/c24-18(16-17-8-4-3-5-9-17)12-13-20-19(21-14-15-22(20)27-21)10-6-1-2-7-11-23(25)26/h1,6,12-13,17-22,24H,2-5,7-11,14-16H2,(H,25,26)/t18?,19-,20-,21+,22-/m0/s1. The van der Waals surface area contributed by atoms with Gasteiger partial charge in [-0.15, -0.1) is 0 Å². The van der Waals surface area contributed by atoms with Gasteiger partial charge in [0.25, 0.3) is 0 Å². The number of aliphatic hydroxyl groups is 1. The number of hydrogen-bond donors (Lipinski definition) is 2. The molecule has 3 aliphatic rings. The molecule has 3 fully saturated rings. The van der Waals surface area contributed by atoms with Crippen molar-refractivity contribution in [1.82, 2.24) is 0 Å². The van der Waals surface area contributed by atoms with Gasteiger partial charge >= 0.3 is 5.97 Å². The predicted octanol–water partition coefficient (Wildman–Crippen LogP) is 4.87. The number of rotatable bonds is 10. The first-order valence-electron chi connectivity index (χ1n) is 11.0. The van der Waals surface area contributed by atoms with E-state index in [4.69, 9.17) is 9.84 Å². The van der Waals surface area contributed by atoms with E-state index >= 15 is 0 Å². The van der Waals surface area contributed by atoms with Gasteiger partial charge in [-0.25, -0.2) is 0 Å². The van der Waals surface area contributed by atoms with Crippen molar-refractivity contribution in [2.24, 2.45) is 17.8 Å². The second-order valence-electron chi connectivity index (χ2n) is 8.72. The molecular formula is C23H36O4. The Morgan fingerprint density at radius 2 is 1.85 bits per heavy atom. The fraction of sp³-hybridized carbons (Fsp3) is 0.783. The molecule has 0 aromatic heterocycles. The van der Waals surface area contributed by atoms with Crippen LogP contribution in [0.15, 0.2) is 24.3 Å². The second-order valence-corrected chi connectivity index (χ2v) is 8.72. The Bertz CT molecular complexity index is 520. The summed E-state index contributed by atoms with van der Waals surface area (Å²) in [4.78, 5) is 10.6. The van der Waals surface area contributed by atoms with Crippen molar-refractivity contribution < 1.29 is 19.7 Å². The lowest BCUT2D eigenvalue weighted by atomic mass is 9.77. The summed E-state index contributed by atoms with van der Waals surface area (Å²) in [6.07, 6.45) is 21.5. The monoisotopic (exact) mass is 376 g/mol. The number of carboxylic acids is 1. The molecule has 2 N–H and O–H groups in total. The van der Waals surface area contributed by atoms with Crippen LogP contribution in [-0.2, 0) is 9.53 Å². The van der Waals surface area contributed by atoms with E-state index in [9.17, 15) is 9.90 Å². The summed E-state index contributed by atoms with van der Waals surface area (Å²) in [6, 6.07) is 0. The number of carbonyl (C=O) groups is 1. The number of carboxylic acid groups (broad SMARTS) is 1. The Hall–Kier alpha value is -1.13. The van der Waals surface area contributed by atoms with E-state index in [1.165, 1.54) is 32.1 Å². The van der Waals surface area contributed by atoms with Crippen LogP contribution >= 0.6 is 0 Å². The molecule has 3 rings (SSSR count). The number of hydrogen-bond acceptors (Lipinski definition) is 3. The highest BCUT2D eigenvalue weighted by molar-refractivity contribution is 5.66. The smallest absolute Gasteiger partial charge is 0.303 e. The maximum atomic E-state index is 10.6. The maximum absolute atomic E-state index is 10.6. The summed E-state index contributed by atoms with van der Waals surface area (Å²) in [5.41, 5.74) is 0. The third-order valence-corrected chi connectivity index (χ3v) is 6.68. The fourth-order valence-corrected chi connectivity index (χ4v) is 5.23. The zero-order valence-electron chi connectivity index (χ0n) is 16.5. The number of aliphatic carboxylic acids is 1. The van der Waals surface area contributed by atoms with E-state index < -0.39 is 5.97 Å². The van der Waals surface area contributed by atoms with E-state index in [1.807, 2.05) is 6.08 Å². The zero-order chi connectivity index (χ0) is 19.1. The Morgan fingerprint density at radius 1 is 1.07 bits per heavy atom. The molecule has 0 amide bonds. The molecule has 5 atom stereocenters. The Balaban J connectivity index is 1.45. The lowest BCUT2D eigenvalue weighted by Crippen LogP contribution is -2.25. The van der Waals surface area contributed by atoms with Gasteiger partial charge in [-0.05, 0) is 50.4 Å². The highest BCUT2D eigenvalue weighted by Crippen LogP contribution is 2.46. The molecule has 27 heavy (non-hydrogen) atoms. The first-order chi connectivity index (χ1) is 13.1. The predicted molar refractivity (Wildman–Crippen MR) is 106 cm³/mol. The van der Waals surface area contributed by atoms with Gasteiger partial charge in [-0.1, -0.05) is 56.4 Å². The van der Waals surface area contributed by atoms with E-state index in [-0.39, 0.29) is 12.5 Å². The molecule has 2 aliphatic heterocycles. The molecule has 4 nitrogen and oxygen atoms in total. The Labute approximate surface area is 163 Å². The second kappa shape index (κ2) is 10.4. The van der Waals surface area contributed by atoms with E-state index in [1.54, 1.807) is 0 Å². The van der Waals surface area contributed by atoms with Gasteiger partial charge in [0.1, 0.15) is 0 Å². The van der Waals surface area contributed by atoms with Crippen molar-refractivity contribution in [3.05, 3.63) is 24.3 Å². The number of allylic oxidation sites excluding steroid dienone is 2. The summed E-state index contributed by atoms with van der Waals surface area (Å²) >= 11 is 0. The van der Waals surface area contributed by atoms with Crippen LogP contribution in [0, 0.1) is 17.8 Å². The summed E-state index contributed by atoms with van der Waals surface area (Å²) in [7, 11) is 0. The zero-order valence-corrected chi connectivity index (χ0v) is 16.5. The molecule has 1 aliphatic carbocycles. The van der Waals surface area contributed by atoms with Crippen LogP contribution in [0.5, 0.6) is 0 Å². The van der Waals surface area contributed by atoms with Gasteiger partial charge < -0.3 is 14.9 Å². The van der Waals surface area contributed by atoms with Crippen LogP contribution < -0.4 is 0 Å². The van der Waals surface area contributed by atoms with Crippen LogP contribution in [0.1, 0.15) is 77.0 Å². The third kappa shape index (κ3) is 6.18.